The largest absolute Gasteiger partial charge is 0.481 e. The lowest BCUT2D eigenvalue weighted by Crippen LogP contribution is -2.23. The molecule has 10 heavy (non-hydrogen) atoms. The van der Waals surface area contributed by atoms with Gasteiger partial charge < -0.3 is 10.0 Å². The quantitative estimate of drug-likeness (QED) is 0.496. The van der Waals surface area contributed by atoms with Crippen LogP contribution in [0.4, 0.5) is 4.79 Å². The molecule has 0 atom stereocenters. The molecule has 4 nitrogen and oxygen atoms in total. The Hall–Kier alpha value is -0.770. The van der Waals surface area contributed by atoms with Gasteiger partial charge in [-0.15, -0.1) is 0 Å². The predicted molar refractivity (Wildman–Crippen MR) is 36.1 cm³/mol. The monoisotopic (exact) mass is 165 g/mol. The van der Waals surface area contributed by atoms with E-state index in [1.165, 1.54) is 7.05 Å². The molecule has 0 aliphatic carbocycles. The summed E-state index contributed by atoms with van der Waals surface area (Å²) in [5.74, 6) is -0.940. The molecule has 0 aromatic heterocycles. The van der Waals surface area contributed by atoms with E-state index in [0.717, 1.165) is 4.90 Å². The minimum Gasteiger partial charge on any atom is -0.481 e. The Bertz CT molecular complexity index is 148. The molecular weight excluding hydrogens is 158 g/mol. The van der Waals surface area contributed by atoms with Gasteiger partial charge in [0.2, 0.25) is 0 Å². The number of carboxylic acid groups (broad SMARTS) is 1. The van der Waals surface area contributed by atoms with Gasteiger partial charge in [-0.25, -0.2) is 0 Å². The van der Waals surface area contributed by atoms with Gasteiger partial charge in [0.05, 0.1) is 6.42 Å². The van der Waals surface area contributed by atoms with E-state index in [-0.39, 0.29) is 13.0 Å². The van der Waals surface area contributed by atoms with Gasteiger partial charge in [-0.1, -0.05) is 0 Å². The van der Waals surface area contributed by atoms with Crippen LogP contribution in [-0.2, 0) is 4.79 Å². The van der Waals surface area contributed by atoms with Crippen LogP contribution < -0.4 is 0 Å². The second-order valence-electron chi connectivity index (χ2n) is 1.82. The van der Waals surface area contributed by atoms with Crippen LogP contribution in [0.5, 0.6) is 0 Å². The molecule has 0 aromatic carbocycles. The molecule has 0 unspecified atom stereocenters. The summed E-state index contributed by atoms with van der Waals surface area (Å²) in [6.07, 6.45) is -0.0744. The van der Waals surface area contributed by atoms with Gasteiger partial charge >= 0.3 is 11.3 Å². The second kappa shape index (κ2) is 4.11. The molecular formula is C5H8ClNO3. The van der Waals surface area contributed by atoms with Crippen LogP contribution in [0.1, 0.15) is 6.42 Å². The minimum absolute atomic E-state index is 0.0744. The number of carbonyl (C=O) groups is 2. The van der Waals surface area contributed by atoms with E-state index in [9.17, 15) is 9.59 Å². The van der Waals surface area contributed by atoms with Crippen molar-refractivity contribution in [2.75, 3.05) is 13.6 Å². The van der Waals surface area contributed by atoms with Gasteiger partial charge in [-0.3, -0.25) is 9.59 Å². The summed E-state index contributed by atoms with van der Waals surface area (Å²) in [6.45, 7) is 0.150. The highest BCUT2D eigenvalue weighted by Gasteiger charge is 2.05. The molecule has 0 bridgehead atoms. The molecule has 0 aromatic rings. The van der Waals surface area contributed by atoms with Crippen molar-refractivity contribution in [2.45, 2.75) is 6.42 Å². The van der Waals surface area contributed by atoms with Crippen LogP contribution in [0.3, 0.4) is 0 Å². The van der Waals surface area contributed by atoms with Gasteiger partial charge in [0, 0.05) is 13.6 Å². The summed E-state index contributed by atoms with van der Waals surface area (Å²) in [5.41, 5.74) is 0. The van der Waals surface area contributed by atoms with Crippen molar-refractivity contribution in [2.24, 2.45) is 0 Å². The Balaban J connectivity index is 3.49. The van der Waals surface area contributed by atoms with Crippen molar-refractivity contribution < 1.29 is 14.7 Å². The maximum atomic E-state index is 10.3. The molecule has 0 spiro atoms. The normalized spacial score (nSPS) is 9.00. The van der Waals surface area contributed by atoms with E-state index in [4.69, 9.17) is 16.7 Å². The Kier molecular flexibility index (Phi) is 3.79. The van der Waals surface area contributed by atoms with Crippen LogP contribution in [0.2, 0.25) is 0 Å². The molecule has 0 radical (unpaired) electrons. The average Bonchev–Trinajstić information content (AvgIpc) is 1.82. The summed E-state index contributed by atoms with van der Waals surface area (Å²) in [4.78, 5) is 21.3. The zero-order chi connectivity index (χ0) is 8.15. The van der Waals surface area contributed by atoms with Crippen molar-refractivity contribution in [3.8, 4) is 0 Å². The molecule has 0 rings (SSSR count). The molecule has 0 fully saturated rings. The number of rotatable bonds is 3. The van der Waals surface area contributed by atoms with E-state index in [1.54, 1.807) is 0 Å². The Morgan fingerprint density at radius 1 is 1.60 bits per heavy atom. The van der Waals surface area contributed by atoms with E-state index in [2.05, 4.69) is 0 Å². The first-order valence-electron chi connectivity index (χ1n) is 2.66. The van der Waals surface area contributed by atoms with E-state index in [0.29, 0.717) is 0 Å². The van der Waals surface area contributed by atoms with Crippen LogP contribution in [-0.4, -0.2) is 34.9 Å². The van der Waals surface area contributed by atoms with E-state index < -0.39 is 11.3 Å². The number of amides is 1. The molecule has 58 valence electrons. The van der Waals surface area contributed by atoms with Crippen molar-refractivity contribution in [1.82, 2.24) is 4.90 Å². The van der Waals surface area contributed by atoms with Crippen molar-refractivity contribution in [1.29, 1.82) is 0 Å². The summed E-state index contributed by atoms with van der Waals surface area (Å²) in [6, 6.07) is 0. The number of halogens is 1. The van der Waals surface area contributed by atoms with E-state index in [1.807, 2.05) is 0 Å². The molecule has 1 amide bonds. The molecule has 0 aliphatic rings. The summed E-state index contributed by atoms with van der Waals surface area (Å²) >= 11 is 5.01. The second-order valence-corrected chi connectivity index (χ2v) is 2.14. The molecule has 0 aliphatic heterocycles. The van der Waals surface area contributed by atoms with Crippen molar-refractivity contribution >= 4 is 22.9 Å². The topological polar surface area (TPSA) is 57.6 Å². The zero-order valence-electron chi connectivity index (χ0n) is 5.50. The minimum atomic E-state index is -0.940. The van der Waals surface area contributed by atoms with E-state index >= 15 is 0 Å². The third-order valence-electron chi connectivity index (χ3n) is 0.961. The van der Waals surface area contributed by atoms with Crippen molar-refractivity contribution in [3.63, 3.8) is 0 Å². The molecule has 0 saturated carbocycles. The van der Waals surface area contributed by atoms with Gasteiger partial charge in [0.15, 0.2) is 0 Å². The number of aliphatic carboxylic acids is 1. The fourth-order valence-corrected chi connectivity index (χ4v) is 0.436. The lowest BCUT2D eigenvalue weighted by Gasteiger charge is -2.09. The average molecular weight is 166 g/mol. The van der Waals surface area contributed by atoms with Gasteiger partial charge in [0.1, 0.15) is 0 Å². The molecule has 0 heterocycles. The fourth-order valence-electron chi connectivity index (χ4n) is 0.351. The first-order chi connectivity index (χ1) is 4.54. The number of carboxylic acids is 1. The number of hydrogen-bond donors (Lipinski definition) is 1. The fraction of sp³-hybridized carbons (Fsp3) is 0.600. The maximum Gasteiger partial charge on any atom is 0.316 e. The first-order valence-corrected chi connectivity index (χ1v) is 3.04. The summed E-state index contributed by atoms with van der Waals surface area (Å²) in [7, 11) is 1.44. The standard InChI is InChI=1S/C5H8ClNO3/c1-7(5(6)10)3-2-4(8)9/h2-3H2,1H3,(H,8,9). The Morgan fingerprint density at radius 3 is 2.40 bits per heavy atom. The maximum absolute atomic E-state index is 10.3. The van der Waals surface area contributed by atoms with Crippen molar-refractivity contribution in [3.05, 3.63) is 0 Å². The molecule has 1 N–H and O–H groups in total. The predicted octanol–water partition coefficient (Wildman–Crippen LogP) is 0.752. The third-order valence-corrected chi connectivity index (χ3v) is 1.25. The Morgan fingerprint density at radius 2 is 2.10 bits per heavy atom. The van der Waals surface area contributed by atoms with Crippen LogP contribution >= 0.6 is 11.6 Å². The summed E-state index contributed by atoms with van der Waals surface area (Å²) in [5, 5.41) is 7.53. The van der Waals surface area contributed by atoms with Crippen LogP contribution in [0.15, 0.2) is 0 Å². The van der Waals surface area contributed by atoms with Crippen LogP contribution in [0.25, 0.3) is 0 Å². The lowest BCUT2D eigenvalue weighted by molar-refractivity contribution is -0.137. The van der Waals surface area contributed by atoms with Gasteiger partial charge in [-0.2, -0.15) is 0 Å². The lowest BCUT2D eigenvalue weighted by atomic mass is 10.4. The third kappa shape index (κ3) is 4.14. The van der Waals surface area contributed by atoms with Gasteiger partial charge in [-0.05, 0) is 11.6 Å². The Labute approximate surface area is 63.4 Å². The smallest absolute Gasteiger partial charge is 0.316 e. The number of carbonyl (C=O) groups excluding carboxylic acids is 1. The number of nitrogens with zero attached hydrogens (tertiary/aromatic N) is 1. The summed E-state index contributed by atoms with van der Waals surface area (Å²) < 4.78 is 0. The molecule has 5 heteroatoms. The van der Waals surface area contributed by atoms with Crippen LogP contribution in [0, 0.1) is 0 Å². The SMILES string of the molecule is CN(CCC(=O)O)C(=O)Cl. The highest BCUT2D eigenvalue weighted by molar-refractivity contribution is 6.62. The molecule has 0 saturated heterocycles. The highest BCUT2D eigenvalue weighted by atomic mass is 35.5. The first kappa shape index (κ1) is 9.23. The zero-order valence-corrected chi connectivity index (χ0v) is 6.26. The highest BCUT2D eigenvalue weighted by Crippen LogP contribution is 1.93. The van der Waals surface area contributed by atoms with Gasteiger partial charge in [0.25, 0.3) is 0 Å². The number of hydrogen-bond acceptors (Lipinski definition) is 2.